The summed E-state index contributed by atoms with van der Waals surface area (Å²) in [5.41, 5.74) is 0. The van der Waals surface area contributed by atoms with Crippen LogP contribution in [0.5, 0.6) is 0 Å². The second-order valence-electron chi connectivity index (χ2n) is 20.9. The molecule has 0 saturated heterocycles. The molecule has 0 heterocycles. The normalized spacial score (nSPS) is 12.8. The predicted molar refractivity (Wildman–Crippen MR) is 330 cm³/mol. The highest BCUT2D eigenvalue weighted by molar-refractivity contribution is 5.71. The molecule has 0 saturated carbocycles. The number of esters is 3. The zero-order chi connectivity index (χ0) is 55.0. The Morgan fingerprint density at radius 1 is 0.276 bits per heavy atom. The van der Waals surface area contributed by atoms with Crippen molar-refractivity contribution in [2.45, 2.75) is 303 Å². The van der Waals surface area contributed by atoms with Crippen LogP contribution >= 0.6 is 0 Å². The Labute approximate surface area is 470 Å². The number of unbranched alkanes of at least 4 members (excludes halogenated alkanes) is 28. The number of ether oxygens (including phenoxy) is 3. The summed E-state index contributed by atoms with van der Waals surface area (Å²) in [7, 11) is 0. The first-order valence-electron chi connectivity index (χ1n) is 31.9. The maximum Gasteiger partial charge on any atom is 0.306 e. The highest BCUT2D eigenvalue weighted by Gasteiger charge is 2.19. The lowest BCUT2D eigenvalue weighted by Gasteiger charge is -2.18. The molecule has 0 aromatic rings. The van der Waals surface area contributed by atoms with E-state index in [9.17, 15) is 14.4 Å². The van der Waals surface area contributed by atoms with Gasteiger partial charge in [-0.2, -0.15) is 0 Å². The third-order valence-corrected chi connectivity index (χ3v) is 13.5. The van der Waals surface area contributed by atoms with Gasteiger partial charge in [0.05, 0.1) is 0 Å². The average molecular weight is 1060 g/mol. The summed E-state index contributed by atoms with van der Waals surface area (Å²) < 4.78 is 16.8. The van der Waals surface area contributed by atoms with E-state index in [-0.39, 0.29) is 31.1 Å². The zero-order valence-corrected chi connectivity index (χ0v) is 49.7. The van der Waals surface area contributed by atoms with Crippen molar-refractivity contribution in [2.24, 2.45) is 0 Å². The minimum Gasteiger partial charge on any atom is -0.462 e. The Kier molecular flexibility index (Phi) is 60.3. The van der Waals surface area contributed by atoms with Gasteiger partial charge in [-0.25, -0.2) is 0 Å². The van der Waals surface area contributed by atoms with E-state index >= 15 is 0 Å². The number of hydrogen-bond acceptors (Lipinski definition) is 6. The summed E-state index contributed by atoms with van der Waals surface area (Å²) in [5, 5.41) is 0. The minimum absolute atomic E-state index is 0.0864. The highest BCUT2D eigenvalue weighted by atomic mass is 16.6. The van der Waals surface area contributed by atoms with E-state index in [0.717, 1.165) is 122 Å². The van der Waals surface area contributed by atoms with Crippen LogP contribution in [0.1, 0.15) is 297 Å². The monoisotopic (exact) mass is 1050 g/mol. The molecule has 0 aromatic heterocycles. The summed E-state index contributed by atoms with van der Waals surface area (Å²) in [6.45, 7) is 6.46. The van der Waals surface area contributed by atoms with Gasteiger partial charge in [-0.05, 0) is 109 Å². The number of carbonyl (C=O) groups excluding carboxylic acids is 3. The Morgan fingerprint density at radius 3 is 0.816 bits per heavy atom. The van der Waals surface area contributed by atoms with Crippen molar-refractivity contribution in [1.29, 1.82) is 0 Å². The first-order chi connectivity index (χ1) is 37.5. The van der Waals surface area contributed by atoms with Crippen LogP contribution in [0.2, 0.25) is 0 Å². The van der Waals surface area contributed by atoms with Gasteiger partial charge in [0.25, 0.3) is 0 Å². The molecule has 76 heavy (non-hydrogen) atoms. The van der Waals surface area contributed by atoms with Crippen LogP contribution in [0.3, 0.4) is 0 Å². The second kappa shape index (κ2) is 63.6. The predicted octanol–water partition coefficient (Wildman–Crippen LogP) is 21.8. The minimum atomic E-state index is -0.788. The Bertz CT molecular complexity index is 1540. The first-order valence-corrected chi connectivity index (χ1v) is 31.9. The molecule has 0 rings (SSSR count). The van der Waals surface area contributed by atoms with Crippen molar-refractivity contribution in [2.75, 3.05) is 13.2 Å². The fourth-order valence-corrected chi connectivity index (χ4v) is 8.75. The third kappa shape index (κ3) is 60.9. The molecule has 0 bridgehead atoms. The first kappa shape index (κ1) is 72.1. The molecule has 0 fully saturated rings. The van der Waals surface area contributed by atoms with Crippen molar-refractivity contribution in [1.82, 2.24) is 0 Å². The Morgan fingerprint density at radius 2 is 0.513 bits per heavy atom. The molecule has 434 valence electrons. The van der Waals surface area contributed by atoms with E-state index < -0.39 is 6.10 Å². The number of hydrogen-bond donors (Lipinski definition) is 0. The van der Waals surface area contributed by atoms with E-state index in [4.69, 9.17) is 14.2 Å². The van der Waals surface area contributed by atoms with Crippen LogP contribution in [0.4, 0.5) is 0 Å². The summed E-state index contributed by atoms with van der Waals surface area (Å²) >= 11 is 0. The van der Waals surface area contributed by atoms with Crippen LogP contribution in [-0.4, -0.2) is 37.2 Å². The van der Waals surface area contributed by atoms with Gasteiger partial charge >= 0.3 is 17.9 Å². The molecular weight excluding hydrogens is 937 g/mol. The molecule has 1 unspecified atom stereocenters. The summed E-state index contributed by atoms with van der Waals surface area (Å²) in [6, 6.07) is 0. The van der Waals surface area contributed by atoms with E-state index in [2.05, 4.69) is 130 Å². The van der Waals surface area contributed by atoms with Gasteiger partial charge in [0, 0.05) is 19.3 Å². The van der Waals surface area contributed by atoms with Crippen LogP contribution < -0.4 is 0 Å². The summed E-state index contributed by atoms with van der Waals surface area (Å²) in [6.07, 6.45) is 87.0. The van der Waals surface area contributed by atoms with Crippen molar-refractivity contribution in [3.8, 4) is 0 Å². The molecule has 0 aliphatic heterocycles. The molecule has 0 N–H and O–H groups in total. The summed E-state index contributed by atoms with van der Waals surface area (Å²) in [4.78, 5) is 38.0. The van der Waals surface area contributed by atoms with Crippen LogP contribution in [0, 0.1) is 0 Å². The molecule has 0 aromatic carbocycles. The lowest BCUT2D eigenvalue weighted by molar-refractivity contribution is -0.167. The quantitative estimate of drug-likeness (QED) is 0.0261. The van der Waals surface area contributed by atoms with Crippen molar-refractivity contribution in [3.05, 3.63) is 109 Å². The molecule has 0 radical (unpaired) electrons. The van der Waals surface area contributed by atoms with Gasteiger partial charge in [0.15, 0.2) is 6.10 Å². The van der Waals surface area contributed by atoms with E-state index in [1.54, 1.807) is 0 Å². The number of rotatable bonds is 57. The van der Waals surface area contributed by atoms with E-state index in [0.29, 0.717) is 19.3 Å². The maximum atomic E-state index is 12.8. The largest absolute Gasteiger partial charge is 0.462 e. The lowest BCUT2D eigenvalue weighted by atomic mass is 10.0. The fraction of sp³-hybridized carbons (Fsp3) is 0.700. The van der Waals surface area contributed by atoms with Crippen LogP contribution in [0.15, 0.2) is 109 Å². The molecule has 1 atom stereocenters. The molecule has 0 spiro atoms. The zero-order valence-electron chi connectivity index (χ0n) is 49.7. The maximum absolute atomic E-state index is 12.8. The molecular formula is C70H118O6. The Hall–Kier alpha value is -3.93. The molecule has 0 amide bonds. The van der Waals surface area contributed by atoms with E-state index in [1.165, 1.54) is 135 Å². The topological polar surface area (TPSA) is 78.9 Å². The van der Waals surface area contributed by atoms with Crippen LogP contribution in [-0.2, 0) is 28.6 Å². The standard InChI is InChI=1S/C70H118O6/c1-4-7-10-13-16-18-20-22-24-26-28-30-32-33-34-35-36-37-39-40-42-44-46-48-50-52-54-57-60-63-69(72)75-66-67(65-74-68(71)62-59-56-15-12-9-6-3)76-70(73)64-61-58-55-53-51-49-47-45-43-41-38-31-29-27-25-23-21-19-17-14-11-8-5-2/h7,10,16,18,22,24,27-30,33-34,36-37,40,42,46,48,67H,4-6,8-9,11-15,17,19-21,23,25-26,31-32,35,38-39,41,43-45,47,49-66H2,1-3H3/b10-7-,18-16-,24-22-,29-27-,30-28-,34-33-,37-36-,42-40-,48-46-. The smallest absolute Gasteiger partial charge is 0.306 e. The Balaban J connectivity index is 4.18. The highest BCUT2D eigenvalue weighted by Crippen LogP contribution is 2.16. The van der Waals surface area contributed by atoms with E-state index in [1.807, 2.05) is 0 Å². The third-order valence-electron chi connectivity index (χ3n) is 13.5. The van der Waals surface area contributed by atoms with Gasteiger partial charge in [0.1, 0.15) is 13.2 Å². The van der Waals surface area contributed by atoms with Crippen LogP contribution in [0.25, 0.3) is 0 Å². The molecule has 6 nitrogen and oxygen atoms in total. The van der Waals surface area contributed by atoms with Crippen molar-refractivity contribution >= 4 is 17.9 Å². The average Bonchev–Trinajstić information content (AvgIpc) is 3.42. The fourth-order valence-electron chi connectivity index (χ4n) is 8.75. The lowest BCUT2D eigenvalue weighted by Crippen LogP contribution is -2.30. The van der Waals surface area contributed by atoms with Gasteiger partial charge in [-0.15, -0.1) is 0 Å². The summed E-state index contributed by atoms with van der Waals surface area (Å²) in [5.74, 6) is -0.918. The number of allylic oxidation sites excluding steroid dienone is 18. The van der Waals surface area contributed by atoms with Gasteiger partial charge in [-0.3, -0.25) is 14.4 Å². The van der Waals surface area contributed by atoms with Crippen molar-refractivity contribution in [3.63, 3.8) is 0 Å². The number of carbonyl (C=O) groups is 3. The SMILES string of the molecule is CC/C=C\C/C=C\C/C=C\C/C=C\C/C=C\C/C=C\C/C=C\C/C=C\CCCCCCC(=O)OCC(COC(=O)CCCCCCCC)OC(=O)CCCCCCCCCCCCC/C=C\CCCCCCCCCC. The van der Waals surface area contributed by atoms with Gasteiger partial charge in [0.2, 0.25) is 0 Å². The molecule has 6 heteroatoms. The molecule has 0 aliphatic rings. The van der Waals surface area contributed by atoms with Gasteiger partial charge < -0.3 is 14.2 Å². The van der Waals surface area contributed by atoms with Crippen molar-refractivity contribution < 1.29 is 28.6 Å². The van der Waals surface area contributed by atoms with Gasteiger partial charge in [-0.1, -0.05) is 278 Å². The second-order valence-corrected chi connectivity index (χ2v) is 20.9. The molecule has 0 aliphatic carbocycles.